The Morgan fingerprint density at radius 1 is 0.967 bits per heavy atom. The van der Waals surface area contributed by atoms with Crippen molar-refractivity contribution >= 4 is 15.8 Å². The minimum atomic E-state index is -3.88. The summed E-state index contributed by atoms with van der Waals surface area (Å²) in [7, 11) is -2.52. The van der Waals surface area contributed by atoms with Gasteiger partial charge in [0, 0.05) is 44.1 Å². The molecule has 10 heteroatoms. The maximum absolute atomic E-state index is 13.7. The van der Waals surface area contributed by atoms with Crippen molar-refractivity contribution in [3.8, 4) is 17.0 Å². The molecule has 30 heavy (non-hydrogen) atoms. The zero-order chi connectivity index (χ0) is 21.1. The zero-order valence-electron chi connectivity index (χ0n) is 16.3. The number of rotatable bonds is 5. The van der Waals surface area contributed by atoms with Gasteiger partial charge in [0.1, 0.15) is 16.5 Å². The first-order chi connectivity index (χ1) is 14.5. The molecule has 2 aromatic heterocycles. The highest BCUT2D eigenvalue weighted by molar-refractivity contribution is 7.89. The van der Waals surface area contributed by atoms with Crippen LogP contribution in [-0.4, -0.2) is 61.2 Å². The fourth-order valence-electron chi connectivity index (χ4n) is 3.32. The topological polar surface area (TPSA) is 88.5 Å². The predicted molar refractivity (Wildman–Crippen MR) is 109 cm³/mol. The highest BCUT2D eigenvalue weighted by atomic mass is 32.2. The number of anilines is 1. The summed E-state index contributed by atoms with van der Waals surface area (Å²) in [6.07, 6.45) is 3.39. The van der Waals surface area contributed by atoms with E-state index in [4.69, 9.17) is 4.74 Å². The molecule has 1 fully saturated rings. The van der Waals surface area contributed by atoms with Crippen LogP contribution in [-0.2, 0) is 10.0 Å². The third-order valence-corrected chi connectivity index (χ3v) is 6.85. The zero-order valence-corrected chi connectivity index (χ0v) is 17.1. The van der Waals surface area contributed by atoms with Gasteiger partial charge in [-0.15, -0.1) is 10.2 Å². The molecule has 0 atom stereocenters. The molecule has 1 aromatic carbocycles. The molecule has 4 rings (SSSR count). The number of hydrogen-bond acceptors (Lipinski definition) is 7. The summed E-state index contributed by atoms with van der Waals surface area (Å²) in [6.45, 7) is 1.38. The number of halogens is 1. The lowest BCUT2D eigenvalue weighted by atomic mass is 10.2. The molecule has 1 aliphatic rings. The smallest absolute Gasteiger partial charge is 0.246 e. The molecule has 8 nitrogen and oxygen atoms in total. The third kappa shape index (κ3) is 3.96. The van der Waals surface area contributed by atoms with E-state index in [2.05, 4.69) is 15.2 Å². The molecule has 1 saturated heterocycles. The van der Waals surface area contributed by atoms with Crippen LogP contribution in [0.4, 0.5) is 10.2 Å². The lowest BCUT2D eigenvalue weighted by Crippen LogP contribution is -2.49. The molecule has 0 aliphatic carbocycles. The van der Waals surface area contributed by atoms with Crippen LogP contribution in [0.3, 0.4) is 0 Å². The number of methoxy groups -OCH3 is 1. The van der Waals surface area contributed by atoms with E-state index in [1.54, 1.807) is 12.4 Å². The summed E-state index contributed by atoms with van der Waals surface area (Å²) >= 11 is 0. The fourth-order valence-corrected chi connectivity index (χ4v) is 4.91. The van der Waals surface area contributed by atoms with Gasteiger partial charge in [0.2, 0.25) is 10.0 Å². The highest BCUT2D eigenvalue weighted by Crippen LogP contribution is 2.28. The van der Waals surface area contributed by atoms with Gasteiger partial charge in [0.05, 0.1) is 12.8 Å². The van der Waals surface area contributed by atoms with E-state index in [1.165, 1.54) is 23.5 Å². The summed E-state index contributed by atoms with van der Waals surface area (Å²) < 4.78 is 46.1. The number of sulfonamides is 1. The molecule has 0 unspecified atom stereocenters. The van der Waals surface area contributed by atoms with Gasteiger partial charge in [0.15, 0.2) is 5.82 Å². The number of aromatic nitrogens is 3. The van der Waals surface area contributed by atoms with E-state index in [0.29, 0.717) is 18.9 Å². The van der Waals surface area contributed by atoms with E-state index in [9.17, 15) is 12.8 Å². The Hall–Kier alpha value is -3.11. The van der Waals surface area contributed by atoms with Gasteiger partial charge in [-0.25, -0.2) is 12.8 Å². The molecule has 0 amide bonds. The molecule has 1 aliphatic heterocycles. The molecule has 156 valence electrons. The highest BCUT2D eigenvalue weighted by Gasteiger charge is 2.31. The second-order valence-corrected chi connectivity index (χ2v) is 8.61. The van der Waals surface area contributed by atoms with E-state index >= 15 is 0 Å². The van der Waals surface area contributed by atoms with Crippen LogP contribution in [0, 0.1) is 5.82 Å². The number of nitrogens with zero attached hydrogens (tertiary/aromatic N) is 5. The maximum Gasteiger partial charge on any atom is 0.246 e. The van der Waals surface area contributed by atoms with Gasteiger partial charge in [-0.1, -0.05) is 0 Å². The largest absolute Gasteiger partial charge is 0.495 e. The Bertz CT molecular complexity index is 1120. The molecule has 0 spiro atoms. The van der Waals surface area contributed by atoms with E-state index < -0.39 is 15.8 Å². The van der Waals surface area contributed by atoms with Crippen molar-refractivity contribution in [1.29, 1.82) is 0 Å². The number of ether oxygens (including phenoxy) is 1. The minimum Gasteiger partial charge on any atom is -0.495 e. The van der Waals surface area contributed by atoms with Crippen molar-refractivity contribution in [3.05, 3.63) is 60.7 Å². The summed E-state index contributed by atoms with van der Waals surface area (Å²) in [5.74, 6) is 0.169. The van der Waals surface area contributed by atoms with E-state index in [0.717, 1.165) is 17.3 Å². The van der Waals surface area contributed by atoms with Crippen molar-refractivity contribution in [2.75, 3.05) is 38.2 Å². The SMILES string of the molecule is COc1ccc(F)cc1S(=O)(=O)N1CCN(c2ccc(-c3ccncc3)nn2)CC1. The van der Waals surface area contributed by atoms with Gasteiger partial charge < -0.3 is 9.64 Å². The molecule has 3 aromatic rings. The second-order valence-electron chi connectivity index (χ2n) is 6.70. The lowest BCUT2D eigenvalue weighted by Gasteiger charge is -2.34. The number of benzene rings is 1. The quantitative estimate of drug-likeness (QED) is 0.614. The lowest BCUT2D eigenvalue weighted by molar-refractivity contribution is 0.372. The van der Waals surface area contributed by atoms with Crippen LogP contribution in [0.5, 0.6) is 5.75 Å². The Labute approximate surface area is 174 Å². The first-order valence-electron chi connectivity index (χ1n) is 9.32. The van der Waals surface area contributed by atoms with Crippen molar-refractivity contribution in [3.63, 3.8) is 0 Å². The Balaban J connectivity index is 1.47. The molecular weight excluding hydrogens is 409 g/mol. The monoisotopic (exact) mass is 429 g/mol. The molecule has 0 radical (unpaired) electrons. The molecule has 0 saturated carbocycles. The average Bonchev–Trinajstić information content (AvgIpc) is 2.80. The number of pyridine rings is 1. The molecule has 0 N–H and O–H groups in total. The van der Waals surface area contributed by atoms with Crippen molar-refractivity contribution < 1.29 is 17.5 Å². The van der Waals surface area contributed by atoms with Crippen LogP contribution >= 0.6 is 0 Å². The predicted octanol–water partition coefficient (Wildman–Crippen LogP) is 2.20. The summed E-state index contributed by atoms with van der Waals surface area (Å²) in [5, 5.41) is 8.54. The first kappa shape index (κ1) is 20.2. The Kier molecular flexibility index (Phi) is 5.60. The van der Waals surface area contributed by atoms with Crippen LogP contribution < -0.4 is 9.64 Å². The minimum absolute atomic E-state index is 0.122. The maximum atomic E-state index is 13.7. The normalized spacial score (nSPS) is 15.2. The molecule has 3 heterocycles. The van der Waals surface area contributed by atoms with Gasteiger partial charge in [-0.05, 0) is 42.5 Å². The van der Waals surface area contributed by atoms with Gasteiger partial charge in [-0.3, -0.25) is 4.98 Å². The van der Waals surface area contributed by atoms with Gasteiger partial charge >= 0.3 is 0 Å². The second kappa shape index (κ2) is 8.33. The Morgan fingerprint density at radius 2 is 1.70 bits per heavy atom. The van der Waals surface area contributed by atoms with Crippen molar-refractivity contribution in [1.82, 2.24) is 19.5 Å². The fraction of sp³-hybridized carbons (Fsp3) is 0.250. The third-order valence-electron chi connectivity index (χ3n) is 4.93. The summed E-state index contributed by atoms with van der Waals surface area (Å²) in [4.78, 5) is 5.79. The first-order valence-corrected chi connectivity index (χ1v) is 10.8. The molecule has 0 bridgehead atoms. The van der Waals surface area contributed by atoms with Gasteiger partial charge in [0.25, 0.3) is 0 Å². The molecular formula is C20H20FN5O3S. The summed E-state index contributed by atoms with van der Waals surface area (Å²) in [5.41, 5.74) is 1.66. The van der Waals surface area contributed by atoms with Crippen LogP contribution in [0.25, 0.3) is 11.3 Å². The standard InChI is InChI=1S/C20H20FN5O3S/c1-29-18-4-2-16(21)14-19(18)30(27,28)26-12-10-25(11-13-26)20-5-3-17(23-24-20)15-6-8-22-9-7-15/h2-9,14H,10-13H2,1H3. The van der Waals surface area contributed by atoms with Crippen molar-refractivity contribution in [2.24, 2.45) is 0 Å². The number of hydrogen-bond donors (Lipinski definition) is 0. The van der Waals surface area contributed by atoms with Crippen LogP contribution in [0.1, 0.15) is 0 Å². The Morgan fingerprint density at radius 3 is 2.33 bits per heavy atom. The summed E-state index contributed by atoms with van der Waals surface area (Å²) in [6, 6.07) is 10.9. The van der Waals surface area contributed by atoms with Crippen molar-refractivity contribution in [2.45, 2.75) is 4.90 Å². The number of piperazine rings is 1. The van der Waals surface area contributed by atoms with Crippen LogP contribution in [0.2, 0.25) is 0 Å². The van der Waals surface area contributed by atoms with E-state index in [-0.39, 0.29) is 23.7 Å². The van der Waals surface area contributed by atoms with Crippen LogP contribution in [0.15, 0.2) is 59.8 Å². The van der Waals surface area contributed by atoms with E-state index in [1.807, 2.05) is 29.2 Å². The van der Waals surface area contributed by atoms with Gasteiger partial charge in [-0.2, -0.15) is 4.31 Å². The average molecular weight is 429 g/mol.